The van der Waals surface area contributed by atoms with Crippen molar-refractivity contribution in [3.8, 4) is 0 Å². The lowest BCUT2D eigenvalue weighted by molar-refractivity contribution is -0.144. The van der Waals surface area contributed by atoms with Crippen molar-refractivity contribution in [3.63, 3.8) is 0 Å². The van der Waals surface area contributed by atoms with Crippen LogP contribution in [0.2, 0.25) is 0 Å². The lowest BCUT2D eigenvalue weighted by Crippen LogP contribution is -2.55. The second-order valence-electron chi connectivity index (χ2n) is 5.62. The molecule has 1 fully saturated rings. The Morgan fingerprint density at radius 2 is 1.92 bits per heavy atom. The molecule has 1 aromatic rings. The van der Waals surface area contributed by atoms with Crippen LogP contribution in [0, 0.1) is 0 Å². The van der Waals surface area contributed by atoms with Crippen LogP contribution in [0.25, 0.3) is 0 Å². The highest BCUT2D eigenvalue weighted by atomic mass is 19.4. The summed E-state index contributed by atoms with van der Waals surface area (Å²) in [4.78, 5) is 34.8. The number of hydrogen-bond donors (Lipinski definition) is 3. The summed E-state index contributed by atoms with van der Waals surface area (Å²) >= 11 is 0. The number of halogens is 3. The first-order valence-corrected chi connectivity index (χ1v) is 7.17. The van der Waals surface area contributed by atoms with Crippen molar-refractivity contribution in [2.24, 2.45) is 0 Å². The number of ether oxygens (including phenoxy) is 1. The topological polar surface area (TPSA) is 105 Å². The van der Waals surface area contributed by atoms with Crippen molar-refractivity contribution in [1.29, 1.82) is 0 Å². The summed E-state index contributed by atoms with van der Waals surface area (Å²) in [5.74, 6) is -2.96. The molecule has 1 saturated heterocycles. The maximum absolute atomic E-state index is 13.0. The van der Waals surface area contributed by atoms with Gasteiger partial charge in [0.05, 0.1) is 12.2 Å². The predicted molar refractivity (Wildman–Crippen MR) is 79.0 cm³/mol. The van der Waals surface area contributed by atoms with E-state index in [0.29, 0.717) is 12.1 Å². The first-order chi connectivity index (χ1) is 11.5. The summed E-state index contributed by atoms with van der Waals surface area (Å²) in [6.07, 6.45) is -4.75. The van der Waals surface area contributed by atoms with Gasteiger partial charge in [0.25, 0.3) is 5.91 Å². The van der Waals surface area contributed by atoms with Crippen LogP contribution in [0.4, 0.5) is 18.9 Å². The maximum atomic E-state index is 13.0. The fourth-order valence-electron chi connectivity index (χ4n) is 2.37. The summed E-state index contributed by atoms with van der Waals surface area (Å²) in [6, 6.07) is 2.31. The van der Waals surface area contributed by atoms with Crippen LogP contribution >= 0.6 is 0 Å². The minimum absolute atomic E-state index is 0.00835. The predicted octanol–water partition coefficient (Wildman–Crippen LogP) is 1.64. The van der Waals surface area contributed by atoms with Crippen LogP contribution < -0.4 is 10.6 Å². The molecule has 0 saturated carbocycles. The number of rotatable bonds is 4. The number of carboxylic acids is 1. The monoisotopic (exact) mass is 360 g/mol. The molecule has 1 aliphatic rings. The minimum Gasteiger partial charge on any atom is -0.479 e. The molecule has 0 aliphatic carbocycles. The van der Waals surface area contributed by atoms with E-state index in [0.717, 1.165) is 13.0 Å². The molecule has 3 N–H and O–H groups in total. The Kier molecular flexibility index (Phi) is 5.02. The van der Waals surface area contributed by atoms with Crippen LogP contribution in [0.15, 0.2) is 18.2 Å². The zero-order chi connectivity index (χ0) is 18.8. The number of amides is 2. The van der Waals surface area contributed by atoms with E-state index < -0.39 is 40.6 Å². The van der Waals surface area contributed by atoms with Crippen LogP contribution in [0.5, 0.6) is 0 Å². The molecule has 0 bridgehead atoms. The molecule has 1 unspecified atom stereocenters. The molecule has 0 spiro atoms. The summed E-state index contributed by atoms with van der Waals surface area (Å²) in [6.45, 7) is 0.924. The highest BCUT2D eigenvalue weighted by molar-refractivity contribution is 6.00. The summed E-state index contributed by atoms with van der Waals surface area (Å²) < 4.78 is 44.0. The summed E-state index contributed by atoms with van der Waals surface area (Å²) in [5, 5.41) is 13.7. The van der Waals surface area contributed by atoms with Crippen molar-refractivity contribution >= 4 is 23.5 Å². The minimum atomic E-state index is -4.75. The molecule has 1 atom stereocenters. The highest BCUT2D eigenvalue weighted by Gasteiger charge is 2.44. The quantitative estimate of drug-likeness (QED) is 0.757. The Labute approximate surface area is 140 Å². The molecule has 2 rings (SSSR count). The first-order valence-electron chi connectivity index (χ1n) is 7.17. The van der Waals surface area contributed by atoms with Gasteiger partial charge in [-0.25, -0.2) is 4.79 Å². The molecule has 1 heterocycles. The average molecular weight is 360 g/mol. The molecule has 10 heteroatoms. The third-order valence-corrected chi connectivity index (χ3v) is 3.63. The molecule has 1 aliphatic heterocycles. The molecule has 7 nitrogen and oxygen atoms in total. The Morgan fingerprint density at radius 3 is 2.40 bits per heavy atom. The van der Waals surface area contributed by atoms with Gasteiger partial charge in [-0.1, -0.05) is 0 Å². The van der Waals surface area contributed by atoms with Crippen molar-refractivity contribution in [1.82, 2.24) is 5.32 Å². The number of hydrogen-bond acceptors (Lipinski definition) is 4. The Morgan fingerprint density at radius 1 is 1.24 bits per heavy atom. The number of anilines is 1. The van der Waals surface area contributed by atoms with Gasteiger partial charge in [0.2, 0.25) is 5.91 Å². The zero-order valence-corrected chi connectivity index (χ0v) is 13.1. The molecule has 2 amide bonds. The van der Waals surface area contributed by atoms with Crippen LogP contribution in [-0.4, -0.2) is 41.6 Å². The van der Waals surface area contributed by atoms with E-state index in [9.17, 15) is 32.7 Å². The van der Waals surface area contributed by atoms with Gasteiger partial charge in [-0.15, -0.1) is 0 Å². The number of alkyl halides is 3. The van der Waals surface area contributed by atoms with Crippen molar-refractivity contribution in [2.45, 2.75) is 25.1 Å². The Balaban J connectivity index is 2.37. The van der Waals surface area contributed by atoms with Gasteiger partial charge < -0.3 is 20.5 Å². The van der Waals surface area contributed by atoms with Gasteiger partial charge in [-0.2, -0.15) is 13.2 Å². The second kappa shape index (κ2) is 6.71. The normalized spacial score (nSPS) is 20.2. The lowest BCUT2D eigenvalue weighted by atomic mass is 9.98. The Bertz CT molecular complexity index is 712. The van der Waals surface area contributed by atoms with Gasteiger partial charge in [0.1, 0.15) is 0 Å². The van der Waals surface area contributed by atoms with Crippen molar-refractivity contribution in [2.75, 3.05) is 18.5 Å². The average Bonchev–Trinajstić information content (AvgIpc) is 2.95. The fraction of sp³-hybridized carbons (Fsp3) is 0.400. The van der Waals surface area contributed by atoms with Crippen molar-refractivity contribution < 1.29 is 37.4 Å². The molecule has 25 heavy (non-hydrogen) atoms. The molecule has 136 valence electrons. The number of nitrogens with one attached hydrogen (secondary N) is 2. The third kappa shape index (κ3) is 4.27. The molecular weight excluding hydrogens is 345 g/mol. The SMILES string of the molecule is CC(=O)Nc1cc(C(=O)NC2(C(=O)O)CCOC2)cc(C(F)(F)F)c1. The smallest absolute Gasteiger partial charge is 0.416 e. The Hall–Kier alpha value is -2.62. The van der Waals surface area contributed by atoms with E-state index in [1.54, 1.807) is 0 Å². The molecule has 0 radical (unpaired) electrons. The molecular formula is C15H15F3N2O5. The van der Waals surface area contributed by atoms with Crippen molar-refractivity contribution in [3.05, 3.63) is 29.3 Å². The van der Waals surface area contributed by atoms with Gasteiger partial charge in [-0.3, -0.25) is 9.59 Å². The molecule has 0 aromatic heterocycles. The maximum Gasteiger partial charge on any atom is 0.416 e. The molecule has 1 aromatic carbocycles. The van der Waals surface area contributed by atoms with E-state index in [-0.39, 0.29) is 25.3 Å². The van der Waals surface area contributed by atoms with Gasteiger partial charge in [-0.05, 0) is 18.2 Å². The van der Waals surface area contributed by atoms with E-state index >= 15 is 0 Å². The van der Waals surface area contributed by atoms with Gasteiger partial charge >= 0.3 is 12.1 Å². The largest absolute Gasteiger partial charge is 0.479 e. The van der Waals surface area contributed by atoms with E-state index in [2.05, 4.69) is 10.6 Å². The highest BCUT2D eigenvalue weighted by Crippen LogP contribution is 2.32. The zero-order valence-electron chi connectivity index (χ0n) is 13.1. The van der Waals surface area contributed by atoms with Crippen LogP contribution in [0.3, 0.4) is 0 Å². The van der Waals surface area contributed by atoms with E-state index in [1.165, 1.54) is 0 Å². The van der Waals surface area contributed by atoms with Gasteiger partial charge in [0.15, 0.2) is 5.54 Å². The fourth-order valence-corrected chi connectivity index (χ4v) is 2.37. The number of benzene rings is 1. The second-order valence-corrected chi connectivity index (χ2v) is 5.62. The number of carboxylic acid groups (broad SMARTS) is 1. The number of aliphatic carboxylic acids is 1. The van der Waals surface area contributed by atoms with E-state index in [4.69, 9.17) is 4.74 Å². The summed E-state index contributed by atoms with van der Waals surface area (Å²) in [5.41, 5.74) is -3.49. The standard InChI is InChI=1S/C15H15F3N2O5/c1-8(21)19-11-5-9(4-10(6-11)15(16,17)18)12(22)20-14(13(23)24)2-3-25-7-14/h4-6H,2-3,7H2,1H3,(H,19,21)(H,20,22)(H,23,24). The first kappa shape index (κ1) is 18.7. The van der Waals surface area contributed by atoms with Gasteiger partial charge in [0, 0.05) is 31.2 Å². The summed E-state index contributed by atoms with van der Waals surface area (Å²) in [7, 11) is 0. The number of carbonyl (C=O) groups is 3. The van der Waals surface area contributed by atoms with Crippen LogP contribution in [-0.2, 0) is 20.5 Å². The van der Waals surface area contributed by atoms with E-state index in [1.807, 2.05) is 0 Å². The third-order valence-electron chi connectivity index (χ3n) is 3.63. The number of carbonyl (C=O) groups excluding carboxylic acids is 2. The lowest BCUT2D eigenvalue weighted by Gasteiger charge is -2.24. The van der Waals surface area contributed by atoms with Crippen LogP contribution in [0.1, 0.15) is 29.3 Å².